The number of carbonyl (C=O) groups is 1. The predicted octanol–water partition coefficient (Wildman–Crippen LogP) is 5.07. The minimum atomic E-state index is -3.86. The Balaban J connectivity index is 1.57. The summed E-state index contributed by atoms with van der Waals surface area (Å²) in [6.07, 6.45) is 0. The molecule has 0 fully saturated rings. The van der Waals surface area contributed by atoms with Crippen molar-refractivity contribution in [2.45, 2.75) is 24.5 Å². The average molecular weight is 511 g/mol. The number of aryl methyl sites for hydroxylation is 2. The number of hydrogen-bond donors (Lipinski definition) is 2. The van der Waals surface area contributed by atoms with Crippen molar-refractivity contribution >= 4 is 62.5 Å². The fourth-order valence-corrected chi connectivity index (χ4v) is 5.29. The molecule has 0 aliphatic heterocycles. The normalized spacial score (nSPS) is 11.2. The second-order valence-corrected chi connectivity index (χ2v) is 10.3. The van der Waals surface area contributed by atoms with E-state index in [0.29, 0.717) is 32.9 Å². The van der Waals surface area contributed by atoms with Gasteiger partial charge >= 0.3 is 0 Å². The second-order valence-electron chi connectivity index (χ2n) is 6.85. The largest absolute Gasteiger partial charge is 0.325 e. The molecule has 0 saturated heterocycles. The van der Waals surface area contributed by atoms with Crippen LogP contribution in [0.25, 0.3) is 0 Å². The lowest BCUT2D eigenvalue weighted by Crippen LogP contribution is -2.16. The van der Waals surface area contributed by atoms with Crippen molar-refractivity contribution in [2.24, 2.45) is 0 Å². The van der Waals surface area contributed by atoms with Gasteiger partial charge in [-0.3, -0.25) is 4.79 Å². The van der Waals surface area contributed by atoms with Gasteiger partial charge in [-0.25, -0.2) is 23.1 Å². The molecule has 0 radical (unpaired) electrons. The van der Waals surface area contributed by atoms with Gasteiger partial charge in [0.25, 0.3) is 10.0 Å². The number of thioether (sulfide) groups is 1. The molecule has 0 spiro atoms. The van der Waals surface area contributed by atoms with Crippen LogP contribution in [0.3, 0.4) is 0 Å². The molecule has 0 aliphatic rings. The number of anilines is 2. The number of halogens is 2. The molecule has 3 rings (SSSR count). The van der Waals surface area contributed by atoms with Crippen LogP contribution in [-0.4, -0.2) is 30.0 Å². The van der Waals surface area contributed by atoms with E-state index in [-0.39, 0.29) is 22.5 Å². The van der Waals surface area contributed by atoms with Crippen molar-refractivity contribution in [3.05, 3.63) is 75.5 Å². The van der Waals surface area contributed by atoms with Gasteiger partial charge in [0, 0.05) is 32.9 Å². The summed E-state index contributed by atoms with van der Waals surface area (Å²) in [5.41, 5.74) is 2.57. The molecule has 11 heteroatoms. The van der Waals surface area contributed by atoms with Gasteiger partial charge in [0.15, 0.2) is 0 Å². The summed E-state index contributed by atoms with van der Waals surface area (Å²) in [6.45, 7) is 3.51. The average Bonchev–Trinajstić information content (AvgIpc) is 2.69. The molecule has 7 nitrogen and oxygen atoms in total. The number of aromatic nitrogens is 2. The van der Waals surface area contributed by atoms with E-state index < -0.39 is 10.0 Å². The van der Waals surface area contributed by atoms with E-state index in [0.717, 1.165) is 5.56 Å². The molecule has 32 heavy (non-hydrogen) atoms. The van der Waals surface area contributed by atoms with Crippen molar-refractivity contribution in [1.82, 2.24) is 9.97 Å². The maximum absolute atomic E-state index is 12.6. The minimum Gasteiger partial charge on any atom is -0.325 e. The topological polar surface area (TPSA) is 101 Å². The van der Waals surface area contributed by atoms with E-state index in [1.165, 1.54) is 36.0 Å². The number of benzene rings is 2. The third kappa shape index (κ3) is 6.59. The first kappa shape index (κ1) is 24.3. The number of hydrogen-bond acceptors (Lipinski definition) is 6. The van der Waals surface area contributed by atoms with E-state index in [4.69, 9.17) is 23.2 Å². The Morgan fingerprint density at radius 2 is 1.59 bits per heavy atom. The maximum atomic E-state index is 12.6. The van der Waals surface area contributed by atoms with Crippen LogP contribution in [0.1, 0.15) is 17.0 Å². The molecule has 168 valence electrons. The van der Waals surface area contributed by atoms with Crippen molar-refractivity contribution < 1.29 is 13.2 Å². The molecule has 1 heterocycles. The summed E-state index contributed by atoms with van der Waals surface area (Å²) in [7, 11) is -3.86. The lowest BCUT2D eigenvalue weighted by Gasteiger charge is -2.10. The molecule has 0 atom stereocenters. The third-order valence-corrected chi connectivity index (χ3v) is 7.21. The van der Waals surface area contributed by atoms with Crippen LogP contribution < -0.4 is 10.0 Å². The van der Waals surface area contributed by atoms with Gasteiger partial charge in [-0.2, -0.15) is 0 Å². The van der Waals surface area contributed by atoms with Crippen molar-refractivity contribution in [3.8, 4) is 0 Å². The van der Waals surface area contributed by atoms with Crippen molar-refractivity contribution in [1.29, 1.82) is 0 Å². The van der Waals surface area contributed by atoms with Crippen LogP contribution in [0.4, 0.5) is 11.6 Å². The van der Waals surface area contributed by atoms with Crippen LogP contribution in [-0.2, 0) is 20.6 Å². The number of nitrogens with one attached hydrogen (secondary N) is 2. The maximum Gasteiger partial charge on any atom is 0.264 e. The zero-order valence-corrected chi connectivity index (χ0v) is 20.4. The van der Waals surface area contributed by atoms with Gasteiger partial charge in [-0.05, 0) is 61.9 Å². The van der Waals surface area contributed by atoms with Crippen molar-refractivity contribution in [2.75, 3.05) is 15.8 Å². The van der Waals surface area contributed by atoms with Gasteiger partial charge in [0.2, 0.25) is 11.9 Å². The Hall–Kier alpha value is -2.33. The van der Waals surface area contributed by atoms with Crippen LogP contribution in [0, 0.1) is 13.8 Å². The monoisotopic (exact) mass is 510 g/mol. The fourth-order valence-electron chi connectivity index (χ4n) is 2.78. The number of amides is 1. The third-order valence-electron chi connectivity index (χ3n) is 4.20. The van der Waals surface area contributed by atoms with E-state index in [2.05, 4.69) is 20.0 Å². The van der Waals surface area contributed by atoms with Crippen LogP contribution in [0.15, 0.2) is 53.4 Å². The molecular formula is C21H20Cl2N4O3S2. The van der Waals surface area contributed by atoms with Gasteiger partial charge in [0.1, 0.15) is 0 Å². The Labute approximate surface area is 201 Å². The molecule has 3 aromatic rings. The Bertz CT molecular complexity index is 1200. The van der Waals surface area contributed by atoms with Crippen LogP contribution in [0.2, 0.25) is 10.0 Å². The molecule has 0 aliphatic carbocycles. The number of rotatable bonds is 8. The highest BCUT2D eigenvalue weighted by Crippen LogP contribution is 2.28. The summed E-state index contributed by atoms with van der Waals surface area (Å²) >= 11 is 13.6. The Kier molecular flexibility index (Phi) is 8.00. The highest BCUT2D eigenvalue weighted by molar-refractivity contribution is 7.99. The fraction of sp³-hybridized carbons (Fsp3) is 0.190. The molecule has 1 aromatic heterocycles. The van der Waals surface area contributed by atoms with E-state index in [9.17, 15) is 13.2 Å². The summed E-state index contributed by atoms with van der Waals surface area (Å²) in [6, 6.07) is 12.8. The summed E-state index contributed by atoms with van der Waals surface area (Å²) < 4.78 is 27.5. The lowest BCUT2D eigenvalue weighted by molar-refractivity contribution is -0.113. The first-order valence-corrected chi connectivity index (χ1v) is 12.8. The van der Waals surface area contributed by atoms with Gasteiger partial charge in [-0.1, -0.05) is 29.3 Å². The Morgan fingerprint density at radius 1 is 1.00 bits per heavy atom. The number of sulfonamides is 1. The van der Waals surface area contributed by atoms with E-state index >= 15 is 0 Å². The van der Waals surface area contributed by atoms with Gasteiger partial charge < -0.3 is 5.32 Å². The number of carbonyl (C=O) groups excluding carboxylic acids is 1. The SMILES string of the molecule is Cc1cc(C)nc(NS(=O)(=O)c2ccc(NC(=O)CSCc3c(Cl)cccc3Cl)cc2)n1. The summed E-state index contributed by atoms with van der Waals surface area (Å²) in [5.74, 6) is 0.466. The Morgan fingerprint density at radius 3 is 2.19 bits per heavy atom. The van der Waals surface area contributed by atoms with Gasteiger partial charge in [-0.15, -0.1) is 11.8 Å². The molecule has 2 aromatic carbocycles. The molecule has 2 N–H and O–H groups in total. The molecule has 0 unspecified atom stereocenters. The highest BCUT2D eigenvalue weighted by Gasteiger charge is 2.16. The van der Waals surface area contributed by atoms with Gasteiger partial charge in [0.05, 0.1) is 10.6 Å². The van der Waals surface area contributed by atoms with E-state index in [1.54, 1.807) is 38.1 Å². The quantitative estimate of drug-likeness (QED) is 0.438. The first-order valence-electron chi connectivity index (χ1n) is 9.40. The van der Waals surface area contributed by atoms with Crippen molar-refractivity contribution in [3.63, 3.8) is 0 Å². The molecule has 0 saturated carbocycles. The summed E-state index contributed by atoms with van der Waals surface area (Å²) in [4.78, 5) is 20.4. The summed E-state index contributed by atoms with van der Waals surface area (Å²) in [5, 5.41) is 3.85. The zero-order valence-electron chi connectivity index (χ0n) is 17.2. The minimum absolute atomic E-state index is 0.00975. The lowest BCUT2D eigenvalue weighted by atomic mass is 10.2. The predicted molar refractivity (Wildman–Crippen MR) is 130 cm³/mol. The van der Waals surface area contributed by atoms with E-state index in [1.807, 2.05) is 0 Å². The number of nitrogens with zero attached hydrogens (tertiary/aromatic N) is 2. The first-order chi connectivity index (χ1) is 15.1. The molecule has 0 bridgehead atoms. The van der Waals surface area contributed by atoms with Crippen LogP contribution in [0.5, 0.6) is 0 Å². The molecule has 1 amide bonds. The second kappa shape index (κ2) is 10.5. The highest BCUT2D eigenvalue weighted by atomic mass is 35.5. The smallest absolute Gasteiger partial charge is 0.264 e. The molecular weight excluding hydrogens is 491 g/mol. The zero-order chi connectivity index (χ0) is 23.3. The van der Waals surface area contributed by atoms with Crippen LogP contribution >= 0.6 is 35.0 Å². The standard InChI is InChI=1S/C21H20Cl2N4O3S2/c1-13-10-14(2)25-21(24-13)27-32(29,30)16-8-6-15(7-9-16)26-20(28)12-31-11-17-18(22)4-3-5-19(17)23/h3-10H,11-12H2,1-2H3,(H,26,28)(H,24,25,27).